The van der Waals surface area contributed by atoms with E-state index >= 15 is 0 Å². The van der Waals surface area contributed by atoms with Gasteiger partial charge in [0.05, 0.1) is 11.6 Å². The molecule has 1 aromatic carbocycles. The number of hydrogen-bond donors (Lipinski definition) is 1. The molecule has 6 nitrogen and oxygen atoms in total. The molecule has 1 atom stereocenters. The van der Waals surface area contributed by atoms with E-state index in [9.17, 15) is 9.59 Å². The summed E-state index contributed by atoms with van der Waals surface area (Å²) >= 11 is 6.21. The Balaban J connectivity index is 1.63. The second-order valence-electron chi connectivity index (χ2n) is 6.22. The Morgan fingerprint density at radius 3 is 2.83 bits per heavy atom. The average Bonchev–Trinajstić information content (AvgIpc) is 2.61. The molecule has 0 saturated carbocycles. The van der Waals surface area contributed by atoms with Gasteiger partial charge < -0.3 is 15.1 Å². The molecule has 2 aliphatic heterocycles. The summed E-state index contributed by atoms with van der Waals surface area (Å²) in [4.78, 5) is 32.0. The van der Waals surface area contributed by atoms with Gasteiger partial charge in [0.1, 0.15) is 5.82 Å². The van der Waals surface area contributed by atoms with Crippen LogP contribution in [0.2, 0.25) is 5.02 Å². The van der Waals surface area contributed by atoms with Gasteiger partial charge in [-0.25, -0.2) is 4.98 Å². The summed E-state index contributed by atoms with van der Waals surface area (Å²) in [6, 6.07) is 7.88. The van der Waals surface area contributed by atoms with Crippen LogP contribution in [0, 0.1) is 6.92 Å². The van der Waals surface area contributed by atoms with Crippen molar-refractivity contribution < 1.29 is 9.59 Å². The number of aryl methyl sites for hydroxylation is 1. The number of amides is 2. The number of pyridine rings is 1. The molecule has 3 heterocycles. The molecule has 0 unspecified atom stereocenters. The van der Waals surface area contributed by atoms with Crippen molar-refractivity contribution in [2.45, 2.75) is 13.0 Å². The van der Waals surface area contributed by atoms with Crippen molar-refractivity contribution >= 4 is 40.1 Å². The minimum atomic E-state index is -0.506. The van der Waals surface area contributed by atoms with Crippen molar-refractivity contribution in [3.8, 4) is 0 Å². The third-order valence-electron chi connectivity index (χ3n) is 4.79. The quantitative estimate of drug-likeness (QED) is 0.793. The molecule has 124 valence electrons. The van der Waals surface area contributed by atoms with Crippen LogP contribution >= 0.6 is 11.6 Å². The van der Waals surface area contributed by atoms with Crippen LogP contribution in [0.4, 0.5) is 5.82 Å². The predicted octanol–water partition coefficient (Wildman–Crippen LogP) is 1.34. The number of rotatable bonds is 1. The van der Waals surface area contributed by atoms with E-state index in [4.69, 9.17) is 16.6 Å². The molecule has 24 heavy (non-hydrogen) atoms. The summed E-state index contributed by atoms with van der Waals surface area (Å²) in [6.45, 7) is 4.30. The molecular formula is C17H17ClN4O2. The van der Waals surface area contributed by atoms with Crippen molar-refractivity contribution in [2.75, 3.05) is 31.1 Å². The largest absolute Gasteiger partial charge is 0.353 e. The van der Waals surface area contributed by atoms with Crippen LogP contribution in [0.25, 0.3) is 10.9 Å². The van der Waals surface area contributed by atoms with Crippen LogP contribution < -0.4 is 10.2 Å². The second-order valence-corrected chi connectivity index (χ2v) is 6.63. The van der Waals surface area contributed by atoms with E-state index in [1.807, 2.05) is 31.2 Å². The number of carbonyl (C=O) groups is 2. The highest BCUT2D eigenvalue weighted by atomic mass is 35.5. The first-order valence-electron chi connectivity index (χ1n) is 7.94. The third-order valence-corrected chi connectivity index (χ3v) is 5.20. The van der Waals surface area contributed by atoms with Crippen LogP contribution in [0.1, 0.15) is 5.56 Å². The number of piperazine rings is 2. The Labute approximate surface area is 144 Å². The summed E-state index contributed by atoms with van der Waals surface area (Å²) in [5.74, 6) is -0.0642. The highest BCUT2D eigenvalue weighted by Gasteiger charge is 2.37. The average molecular weight is 345 g/mol. The van der Waals surface area contributed by atoms with Gasteiger partial charge in [-0.05, 0) is 30.7 Å². The monoisotopic (exact) mass is 344 g/mol. The number of carbonyl (C=O) groups excluding carboxylic acids is 2. The van der Waals surface area contributed by atoms with Crippen molar-refractivity contribution in [3.63, 3.8) is 0 Å². The van der Waals surface area contributed by atoms with E-state index in [0.717, 1.165) is 22.3 Å². The first-order chi connectivity index (χ1) is 11.5. The van der Waals surface area contributed by atoms with Crippen LogP contribution in [0.15, 0.2) is 24.3 Å². The maximum atomic E-state index is 11.9. The molecule has 0 aliphatic carbocycles. The molecular weight excluding hydrogens is 328 g/mol. The topological polar surface area (TPSA) is 65.5 Å². The lowest BCUT2D eigenvalue weighted by Crippen LogP contribution is -2.65. The fourth-order valence-corrected chi connectivity index (χ4v) is 3.55. The van der Waals surface area contributed by atoms with Gasteiger partial charge in [0.25, 0.3) is 0 Å². The molecule has 2 saturated heterocycles. The van der Waals surface area contributed by atoms with E-state index < -0.39 is 11.8 Å². The number of nitrogens with zero attached hydrogens (tertiary/aromatic N) is 3. The summed E-state index contributed by atoms with van der Waals surface area (Å²) < 4.78 is 0. The number of nitrogens with one attached hydrogen (secondary N) is 1. The molecule has 1 N–H and O–H groups in total. The molecule has 1 aromatic heterocycles. The summed E-state index contributed by atoms with van der Waals surface area (Å²) in [5.41, 5.74) is 1.87. The van der Waals surface area contributed by atoms with Crippen molar-refractivity contribution in [3.05, 3.63) is 34.9 Å². The SMILES string of the molecule is Cc1c(Cl)ccc2ccc(N3CCN4C(=O)C(=O)NC[C@H]4C3)nc12. The highest BCUT2D eigenvalue weighted by molar-refractivity contribution is 6.35. The van der Waals surface area contributed by atoms with Gasteiger partial charge in [-0.15, -0.1) is 0 Å². The number of hydrogen-bond acceptors (Lipinski definition) is 4. The fourth-order valence-electron chi connectivity index (χ4n) is 3.39. The lowest BCUT2D eigenvalue weighted by Gasteiger charge is -2.43. The van der Waals surface area contributed by atoms with Gasteiger partial charge in [0.15, 0.2) is 0 Å². The van der Waals surface area contributed by atoms with Crippen LogP contribution in [-0.2, 0) is 9.59 Å². The summed E-state index contributed by atoms with van der Waals surface area (Å²) in [6.07, 6.45) is 0. The summed E-state index contributed by atoms with van der Waals surface area (Å²) in [7, 11) is 0. The van der Waals surface area contributed by atoms with Crippen molar-refractivity contribution in [1.82, 2.24) is 15.2 Å². The smallest absolute Gasteiger partial charge is 0.312 e. The lowest BCUT2D eigenvalue weighted by molar-refractivity contribution is -0.150. The van der Waals surface area contributed by atoms with Crippen molar-refractivity contribution in [1.29, 1.82) is 0 Å². The number of aromatic nitrogens is 1. The molecule has 0 spiro atoms. The second kappa shape index (κ2) is 5.63. The highest BCUT2D eigenvalue weighted by Crippen LogP contribution is 2.27. The van der Waals surface area contributed by atoms with Gasteiger partial charge in [-0.1, -0.05) is 17.7 Å². The standard InChI is InChI=1S/C17H17ClN4O2/c1-10-13(18)4-2-11-3-5-14(20-15(10)11)21-6-7-22-12(9-21)8-19-16(23)17(22)24/h2-5,12H,6-9H2,1H3,(H,19,23)/t12-/m0/s1. The van der Waals surface area contributed by atoms with E-state index in [2.05, 4.69) is 10.2 Å². The summed E-state index contributed by atoms with van der Waals surface area (Å²) in [5, 5.41) is 4.42. The maximum absolute atomic E-state index is 11.9. The number of fused-ring (bicyclic) bond motifs is 2. The molecule has 4 rings (SSSR count). The Morgan fingerprint density at radius 2 is 2.00 bits per heavy atom. The van der Waals surface area contributed by atoms with Crippen molar-refractivity contribution in [2.24, 2.45) is 0 Å². The van der Waals surface area contributed by atoms with Crippen LogP contribution in [0.3, 0.4) is 0 Å². The molecule has 2 aliphatic rings. The predicted molar refractivity (Wildman–Crippen MR) is 92.2 cm³/mol. The zero-order valence-electron chi connectivity index (χ0n) is 13.3. The molecule has 2 fully saturated rings. The zero-order chi connectivity index (χ0) is 16.8. The Bertz CT molecular complexity index is 854. The van der Waals surface area contributed by atoms with E-state index in [-0.39, 0.29) is 6.04 Å². The van der Waals surface area contributed by atoms with Gasteiger partial charge >= 0.3 is 11.8 Å². The van der Waals surface area contributed by atoms with E-state index in [0.29, 0.717) is 31.2 Å². The molecule has 0 radical (unpaired) electrons. The first-order valence-corrected chi connectivity index (χ1v) is 8.32. The molecule has 2 amide bonds. The number of halogens is 1. The minimum absolute atomic E-state index is 0.0121. The van der Waals surface area contributed by atoms with Gasteiger partial charge in [-0.3, -0.25) is 9.59 Å². The van der Waals surface area contributed by atoms with Gasteiger partial charge in [0.2, 0.25) is 0 Å². The minimum Gasteiger partial charge on any atom is -0.353 e. The Morgan fingerprint density at radius 1 is 1.21 bits per heavy atom. The first kappa shape index (κ1) is 15.2. The number of anilines is 1. The Kier molecular flexibility index (Phi) is 3.57. The van der Waals surface area contributed by atoms with E-state index in [1.165, 1.54) is 0 Å². The van der Waals surface area contributed by atoms with Gasteiger partial charge in [-0.2, -0.15) is 0 Å². The van der Waals surface area contributed by atoms with Crippen LogP contribution in [0.5, 0.6) is 0 Å². The third kappa shape index (κ3) is 2.38. The number of benzene rings is 1. The molecule has 7 heteroatoms. The maximum Gasteiger partial charge on any atom is 0.312 e. The normalized spacial score (nSPS) is 21.0. The Hall–Kier alpha value is -2.34. The van der Waals surface area contributed by atoms with Gasteiger partial charge in [0, 0.05) is 36.6 Å². The van der Waals surface area contributed by atoms with Crippen LogP contribution in [-0.4, -0.2) is 53.9 Å². The lowest BCUT2D eigenvalue weighted by atomic mass is 10.1. The van der Waals surface area contributed by atoms with E-state index in [1.54, 1.807) is 4.90 Å². The molecule has 0 bridgehead atoms. The fraction of sp³-hybridized carbons (Fsp3) is 0.353. The zero-order valence-corrected chi connectivity index (χ0v) is 14.0. The molecule has 2 aromatic rings.